The van der Waals surface area contributed by atoms with Gasteiger partial charge in [0, 0.05) is 6.42 Å². The maximum absolute atomic E-state index is 10.3. The molecule has 1 N–H and O–H groups in total. The van der Waals surface area contributed by atoms with E-state index >= 15 is 0 Å². The number of hydrogen-bond donors (Lipinski definition) is 1. The zero-order valence-electron chi connectivity index (χ0n) is 8.91. The van der Waals surface area contributed by atoms with Crippen LogP contribution in [0.15, 0.2) is 0 Å². The molecular formula is C10H17NO3. The molecule has 0 heterocycles. The van der Waals surface area contributed by atoms with Gasteiger partial charge in [0.1, 0.15) is 0 Å². The number of carboxylic acids is 1. The average molecular weight is 199 g/mol. The maximum atomic E-state index is 10.3. The molecule has 0 fully saturated rings. The van der Waals surface area contributed by atoms with Gasteiger partial charge in [-0.15, -0.1) is 0 Å². The van der Waals surface area contributed by atoms with E-state index in [-0.39, 0.29) is 17.9 Å². The van der Waals surface area contributed by atoms with Gasteiger partial charge in [-0.3, -0.25) is 4.79 Å². The van der Waals surface area contributed by atoms with Gasteiger partial charge in [-0.1, -0.05) is 0 Å². The first kappa shape index (κ1) is 12.9. The first-order valence-electron chi connectivity index (χ1n) is 4.60. The molecule has 0 aromatic heterocycles. The highest BCUT2D eigenvalue weighted by Gasteiger charge is 2.15. The lowest BCUT2D eigenvalue weighted by atomic mass is 10.1. The van der Waals surface area contributed by atoms with Gasteiger partial charge in [-0.2, -0.15) is 5.26 Å². The van der Waals surface area contributed by atoms with Crippen molar-refractivity contribution >= 4 is 5.97 Å². The Labute approximate surface area is 84.5 Å². The number of rotatable bonds is 5. The number of aliphatic carboxylic acids is 1. The molecule has 0 aromatic carbocycles. The Balaban J connectivity index is 3.82. The lowest BCUT2D eigenvalue weighted by Gasteiger charge is -2.21. The SMILES string of the molecule is CC(C)(C)OCC(C#N)CCC(=O)O. The standard InChI is InChI=1S/C10H17NO3/c1-10(2,3)14-7-8(6-11)4-5-9(12)13/h8H,4-5,7H2,1-3H3,(H,12,13). The third kappa shape index (κ3) is 7.56. The van der Waals surface area contributed by atoms with Crippen molar-refractivity contribution in [3.05, 3.63) is 0 Å². The molecule has 4 nitrogen and oxygen atoms in total. The molecule has 0 amide bonds. The van der Waals surface area contributed by atoms with Crippen LogP contribution in [-0.4, -0.2) is 23.3 Å². The number of carbonyl (C=O) groups is 1. The van der Waals surface area contributed by atoms with Crippen LogP contribution in [0.5, 0.6) is 0 Å². The zero-order valence-corrected chi connectivity index (χ0v) is 8.91. The minimum Gasteiger partial charge on any atom is -0.481 e. The van der Waals surface area contributed by atoms with Crippen molar-refractivity contribution in [2.45, 2.75) is 39.2 Å². The molecule has 1 unspecified atom stereocenters. The molecule has 0 aliphatic carbocycles. The van der Waals surface area contributed by atoms with Crippen molar-refractivity contribution in [2.24, 2.45) is 5.92 Å². The van der Waals surface area contributed by atoms with E-state index in [4.69, 9.17) is 15.1 Å². The zero-order chi connectivity index (χ0) is 11.2. The average Bonchev–Trinajstić information content (AvgIpc) is 2.02. The van der Waals surface area contributed by atoms with E-state index < -0.39 is 5.97 Å². The van der Waals surface area contributed by atoms with E-state index in [1.807, 2.05) is 26.8 Å². The molecule has 0 bridgehead atoms. The Morgan fingerprint density at radius 3 is 2.50 bits per heavy atom. The molecule has 4 heteroatoms. The van der Waals surface area contributed by atoms with Crippen molar-refractivity contribution in [1.29, 1.82) is 5.26 Å². The van der Waals surface area contributed by atoms with Crippen molar-refractivity contribution in [3.63, 3.8) is 0 Å². The van der Waals surface area contributed by atoms with Gasteiger partial charge in [0.05, 0.1) is 24.2 Å². The van der Waals surface area contributed by atoms with Crippen molar-refractivity contribution in [2.75, 3.05) is 6.61 Å². The molecule has 0 rings (SSSR count). The predicted octanol–water partition coefficient (Wildman–Crippen LogP) is 1.81. The summed E-state index contributed by atoms with van der Waals surface area (Å²) in [6, 6.07) is 2.04. The third-order valence-electron chi connectivity index (χ3n) is 1.61. The Morgan fingerprint density at radius 1 is 1.57 bits per heavy atom. The highest BCUT2D eigenvalue weighted by molar-refractivity contribution is 5.66. The van der Waals surface area contributed by atoms with Gasteiger partial charge in [0.25, 0.3) is 0 Å². The molecule has 0 saturated carbocycles. The van der Waals surface area contributed by atoms with Crippen molar-refractivity contribution < 1.29 is 14.6 Å². The van der Waals surface area contributed by atoms with E-state index in [1.165, 1.54) is 0 Å². The summed E-state index contributed by atoms with van der Waals surface area (Å²) in [5.41, 5.74) is -0.279. The van der Waals surface area contributed by atoms with E-state index in [2.05, 4.69) is 0 Å². The van der Waals surface area contributed by atoms with Crippen molar-refractivity contribution in [1.82, 2.24) is 0 Å². The fourth-order valence-electron chi connectivity index (χ4n) is 0.833. The summed E-state index contributed by atoms with van der Waals surface area (Å²) in [7, 11) is 0. The van der Waals surface area contributed by atoms with Gasteiger partial charge < -0.3 is 9.84 Å². The van der Waals surface area contributed by atoms with E-state index in [0.717, 1.165) is 0 Å². The van der Waals surface area contributed by atoms with Crippen LogP contribution in [-0.2, 0) is 9.53 Å². The van der Waals surface area contributed by atoms with Gasteiger partial charge in [0.2, 0.25) is 0 Å². The summed E-state index contributed by atoms with van der Waals surface area (Å²) >= 11 is 0. The molecule has 0 saturated heterocycles. The Morgan fingerprint density at radius 2 is 2.14 bits per heavy atom. The van der Waals surface area contributed by atoms with E-state index in [9.17, 15) is 4.79 Å². The molecule has 80 valence electrons. The minimum absolute atomic E-state index is 0.0196. The van der Waals surface area contributed by atoms with E-state index in [0.29, 0.717) is 13.0 Å². The summed E-state index contributed by atoms with van der Waals surface area (Å²) in [6.45, 7) is 6.00. The topological polar surface area (TPSA) is 70.3 Å². The molecule has 1 atom stereocenters. The normalized spacial score (nSPS) is 13.3. The van der Waals surface area contributed by atoms with Crippen LogP contribution in [0.25, 0.3) is 0 Å². The Hall–Kier alpha value is -1.08. The van der Waals surface area contributed by atoms with Crippen LogP contribution in [0.3, 0.4) is 0 Å². The molecule has 0 aliphatic rings. The van der Waals surface area contributed by atoms with Crippen LogP contribution in [0.2, 0.25) is 0 Å². The lowest BCUT2D eigenvalue weighted by Crippen LogP contribution is -2.23. The Kier molecular flexibility index (Phi) is 5.18. The van der Waals surface area contributed by atoms with Crippen LogP contribution >= 0.6 is 0 Å². The van der Waals surface area contributed by atoms with E-state index in [1.54, 1.807) is 0 Å². The van der Waals surface area contributed by atoms with Gasteiger partial charge in [-0.25, -0.2) is 0 Å². The number of ether oxygens (including phenoxy) is 1. The minimum atomic E-state index is -0.874. The van der Waals surface area contributed by atoms with Crippen LogP contribution in [0, 0.1) is 17.2 Å². The highest BCUT2D eigenvalue weighted by atomic mass is 16.5. The number of carboxylic acid groups (broad SMARTS) is 1. The molecular weight excluding hydrogens is 182 g/mol. The smallest absolute Gasteiger partial charge is 0.303 e. The number of nitrogens with zero attached hydrogens (tertiary/aromatic N) is 1. The largest absolute Gasteiger partial charge is 0.481 e. The summed E-state index contributed by atoms with van der Waals surface area (Å²) in [5, 5.41) is 17.1. The summed E-state index contributed by atoms with van der Waals surface area (Å²) in [5.74, 6) is -1.20. The quantitative estimate of drug-likeness (QED) is 0.733. The fourth-order valence-corrected chi connectivity index (χ4v) is 0.833. The van der Waals surface area contributed by atoms with Crippen LogP contribution < -0.4 is 0 Å². The van der Waals surface area contributed by atoms with Gasteiger partial charge >= 0.3 is 5.97 Å². The molecule has 0 aromatic rings. The van der Waals surface area contributed by atoms with Gasteiger partial charge in [0.15, 0.2) is 0 Å². The third-order valence-corrected chi connectivity index (χ3v) is 1.61. The number of nitriles is 1. The number of hydrogen-bond acceptors (Lipinski definition) is 3. The van der Waals surface area contributed by atoms with Crippen LogP contribution in [0.4, 0.5) is 0 Å². The molecule has 0 radical (unpaired) electrons. The summed E-state index contributed by atoms with van der Waals surface area (Å²) < 4.78 is 5.40. The van der Waals surface area contributed by atoms with Crippen LogP contribution in [0.1, 0.15) is 33.6 Å². The monoisotopic (exact) mass is 199 g/mol. The Bertz CT molecular complexity index is 225. The first-order chi connectivity index (χ1) is 6.35. The first-order valence-corrected chi connectivity index (χ1v) is 4.60. The fraction of sp³-hybridized carbons (Fsp3) is 0.800. The lowest BCUT2D eigenvalue weighted by molar-refractivity contribution is -0.137. The second kappa shape index (κ2) is 5.61. The molecule has 0 aliphatic heterocycles. The molecule has 0 spiro atoms. The highest BCUT2D eigenvalue weighted by Crippen LogP contribution is 2.12. The summed E-state index contributed by atoms with van der Waals surface area (Å²) in [4.78, 5) is 10.3. The van der Waals surface area contributed by atoms with Crippen molar-refractivity contribution in [3.8, 4) is 6.07 Å². The molecule has 14 heavy (non-hydrogen) atoms. The predicted molar refractivity (Wildman–Crippen MR) is 51.7 cm³/mol. The maximum Gasteiger partial charge on any atom is 0.303 e. The summed E-state index contributed by atoms with van der Waals surface area (Å²) in [6.07, 6.45) is 0.369. The second-order valence-electron chi connectivity index (χ2n) is 4.18. The van der Waals surface area contributed by atoms with Gasteiger partial charge in [-0.05, 0) is 27.2 Å². The second-order valence-corrected chi connectivity index (χ2v) is 4.18.